The first-order valence-corrected chi connectivity index (χ1v) is 10.3. The van der Waals surface area contributed by atoms with Crippen LogP contribution in [0, 0.1) is 13.8 Å². The van der Waals surface area contributed by atoms with Crippen LogP contribution >= 0.6 is 22.9 Å². The first kappa shape index (κ1) is 20.1. The number of nitrogens with zero attached hydrogens (tertiary/aromatic N) is 4. The SMILES string of the molecule is COc1ccc(-c2csc(-n3[nH]c(C)c(N=Nc4cccc(Cl)c4C)c3=O)n2)cc1. The molecule has 4 rings (SSSR count). The van der Waals surface area contributed by atoms with Crippen molar-refractivity contribution in [1.29, 1.82) is 0 Å². The highest BCUT2D eigenvalue weighted by Gasteiger charge is 2.15. The number of aromatic nitrogens is 3. The van der Waals surface area contributed by atoms with E-state index in [-0.39, 0.29) is 11.2 Å². The van der Waals surface area contributed by atoms with Gasteiger partial charge < -0.3 is 4.74 Å². The number of methoxy groups -OCH3 is 1. The average molecular weight is 440 g/mol. The van der Waals surface area contributed by atoms with Crippen molar-refractivity contribution in [3.05, 3.63) is 74.5 Å². The number of hydrogen-bond donors (Lipinski definition) is 1. The Balaban J connectivity index is 1.65. The number of halogens is 1. The van der Waals surface area contributed by atoms with Gasteiger partial charge in [0.25, 0.3) is 0 Å². The molecule has 0 saturated carbocycles. The Hall–Kier alpha value is -3.23. The fraction of sp³-hybridized carbons (Fsp3) is 0.143. The van der Waals surface area contributed by atoms with E-state index in [0.29, 0.717) is 21.5 Å². The van der Waals surface area contributed by atoms with E-state index in [1.807, 2.05) is 36.6 Å². The Morgan fingerprint density at radius 3 is 2.63 bits per heavy atom. The van der Waals surface area contributed by atoms with Gasteiger partial charge in [0.1, 0.15) is 5.75 Å². The van der Waals surface area contributed by atoms with Crippen LogP contribution in [0.3, 0.4) is 0 Å². The van der Waals surface area contributed by atoms with Gasteiger partial charge in [0, 0.05) is 16.0 Å². The topological polar surface area (TPSA) is 84.6 Å². The number of ether oxygens (including phenoxy) is 1. The van der Waals surface area contributed by atoms with E-state index < -0.39 is 0 Å². The van der Waals surface area contributed by atoms with Gasteiger partial charge in [-0.1, -0.05) is 17.7 Å². The number of aryl methyl sites for hydroxylation is 1. The Morgan fingerprint density at radius 1 is 1.13 bits per heavy atom. The highest BCUT2D eigenvalue weighted by molar-refractivity contribution is 7.12. The lowest BCUT2D eigenvalue weighted by atomic mass is 10.2. The molecule has 0 aliphatic rings. The molecule has 2 aromatic heterocycles. The molecule has 7 nitrogen and oxygen atoms in total. The number of aromatic amines is 1. The monoisotopic (exact) mass is 439 g/mol. The van der Waals surface area contributed by atoms with Gasteiger partial charge in [-0.2, -0.15) is 4.68 Å². The first-order chi connectivity index (χ1) is 14.5. The molecule has 0 spiro atoms. The zero-order valence-corrected chi connectivity index (χ0v) is 18.1. The summed E-state index contributed by atoms with van der Waals surface area (Å²) < 4.78 is 6.57. The predicted molar refractivity (Wildman–Crippen MR) is 119 cm³/mol. The molecular weight excluding hydrogens is 422 g/mol. The lowest BCUT2D eigenvalue weighted by Gasteiger charge is -2.00. The minimum absolute atomic E-state index is 0.232. The van der Waals surface area contributed by atoms with Crippen LogP contribution in [0.5, 0.6) is 5.75 Å². The third-order valence-electron chi connectivity index (χ3n) is 4.61. The molecule has 2 aromatic carbocycles. The molecule has 0 aliphatic heterocycles. The van der Waals surface area contributed by atoms with Crippen LogP contribution in [0.2, 0.25) is 5.02 Å². The van der Waals surface area contributed by atoms with E-state index in [4.69, 9.17) is 16.3 Å². The summed E-state index contributed by atoms with van der Waals surface area (Å²) in [4.78, 5) is 17.5. The molecule has 0 fully saturated rings. The highest BCUT2D eigenvalue weighted by Crippen LogP contribution is 2.28. The molecule has 0 unspecified atom stereocenters. The summed E-state index contributed by atoms with van der Waals surface area (Å²) in [6, 6.07) is 13.0. The average Bonchev–Trinajstić information content (AvgIpc) is 3.34. The minimum atomic E-state index is -0.313. The minimum Gasteiger partial charge on any atom is -0.497 e. The summed E-state index contributed by atoms with van der Waals surface area (Å²) in [6.45, 7) is 3.63. The van der Waals surface area contributed by atoms with E-state index in [9.17, 15) is 4.79 Å². The molecule has 0 bridgehead atoms. The highest BCUT2D eigenvalue weighted by atomic mass is 35.5. The molecule has 2 heterocycles. The lowest BCUT2D eigenvalue weighted by molar-refractivity contribution is 0.415. The number of nitrogens with one attached hydrogen (secondary N) is 1. The standard InChI is InChI=1S/C21H18ClN5O2S/c1-12-16(22)5-4-6-17(12)24-25-19-13(2)26-27(20(19)28)21-23-18(11-30-21)14-7-9-15(29-3)10-8-14/h4-11,26H,1-3H3. The van der Waals surface area contributed by atoms with Gasteiger partial charge in [0.15, 0.2) is 5.69 Å². The molecule has 0 radical (unpaired) electrons. The van der Waals surface area contributed by atoms with Gasteiger partial charge in [-0.25, -0.2) is 4.98 Å². The van der Waals surface area contributed by atoms with Gasteiger partial charge in [-0.15, -0.1) is 21.6 Å². The summed E-state index contributed by atoms with van der Waals surface area (Å²) in [5.74, 6) is 0.773. The van der Waals surface area contributed by atoms with Crippen molar-refractivity contribution in [2.24, 2.45) is 10.2 Å². The molecular formula is C21H18ClN5O2S. The summed E-state index contributed by atoms with van der Waals surface area (Å²) >= 11 is 7.49. The van der Waals surface area contributed by atoms with Crippen LogP contribution in [0.15, 0.2) is 62.9 Å². The van der Waals surface area contributed by atoms with Crippen LogP contribution in [-0.4, -0.2) is 21.9 Å². The Bertz CT molecular complexity index is 1290. The molecule has 1 N–H and O–H groups in total. The van der Waals surface area contributed by atoms with Gasteiger partial charge >= 0.3 is 5.56 Å². The van der Waals surface area contributed by atoms with Crippen molar-refractivity contribution >= 4 is 34.3 Å². The zero-order chi connectivity index (χ0) is 21.3. The molecule has 0 amide bonds. The Labute approximate surface area is 181 Å². The molecule has 30 heavy (non-hydrogen) atoms. The van der Waals surface area contributed by atoms with Crippen LogP contribution in [-0.2, 0) is 0 Å². The van der Waals surface area contributed by atoms with Gasteiger partial charge in [-0.3, -0.25) is 9.89 Å². The molecule has 152 valence electrons. The zero-order valence-electron chi connectivity index (χ0n) is 16.5. The van der Waals surface area contributed by atoms with Gasteiger partial charge in [-0.05, 0) is 55.8 Å². The second kappa shape index (κ2) is 8.25. The van der Waals surface area contributed by atoms with Crippen LogP contribution in [0.1, 0.15) is 11.3 Å². The molecule has 0 saturated heterocycles. The third-order valence-corrected chi connectivity index (χ3v) is 5.84. The number of benzene rings is 2. The second-order valence-corrected chi connectivity index (χ2v) is 7.80. The Kier molecular flexibility index (Phi) is 5.52. The second-order valence-electron chi connectivity index (χ2n) is 6.55. The van der Waals surface area contributed by atoms with E-state index >= 15 is 0 Å². The smallest absolute Gasteiger partial charge is 0.301 e. The summed E-state index contributed by atoms with van der Waals surface area (Å²) in [5, 5.41) is 14.4. The molecule has 0 atom stereocenters. The van der Waals surface area contributed by atoms with E-state index in [1.165, 1.54) is 16.0 Å². The number of thiazole rings is 1. The van der Waals surface area contributed by atoms with E-state index in [1.54, 1.807) is 32.2 Å². The van der Waals surface area contributed by atoms with Crippen molar-refractivity contribution in [3.63, 3.8) is 0 Å². The van der Waals surface area contributed by atoms with Crippen LogP contribution in [0.4, 0.5) is 11.4 Å². The van der Waals surface area contributed by atoms with Gasteiger partial charge in [0.05, 0.1) is 24.2 Å². The molecule has 0 aliphatic carbocycles. The van der Waals surface area contributed by atoms with E-state index in [0.717, 1.165) is 22.6 Å². The fourth-order valence-electron chi connectivity index (χ4n) is 2.86. The summed E-state index contributed by atoms with van der Waals surface area (Å²) in [5.41, 5.74) is 3.65. The third kappa shape index (κ3) is 3.79. The maximum Gasteiger partial charge on any atom is 0.301 e. The maximum absolute atomic E-state index is 12.9. The number of hydrogen-bond acceptors (Lipinski definition) is 6. The molecule has 9 heteroatoms. The Morgan fingerprint density at radius 2 is 1.90 bits per heavy atom. The number of rotatable bonds is 5. The van der Waals surface area contributed by atoms with E-state index in [2.05, 4.69) is 20.3 Å². The van der Waals surface area contributed by atoms with Crippen LogP contribution in [0.25, 0.3) is 16.4 Å². The molecule has 4 aromatic rings. The summed E-state index contributed by atoms with van der Waals surface area (Å²) in [6.07, 6.45) is 0. The van der Waals surface area contributed by atoms with Crippen molar-refractivity contribution in [3.8, 4) is 22.1 Å². The maximum atomic E-state index is 12.9. The number of H-pyrrole nitrogens is 1. The predicted octanol–water partition coefficient (Wildman–Crippen LogP) is 5.98. The van der Waals surface area contributed by atoms with Crippen molar-refractivity contribution < 1.29 is 4.74 Å². The van der Waals surface area contributed by atoms with Crippen molar-refractivity contribution in [2.45, 2.75) is 13.8 Å². The quantitative estimate of drug-likeness (QED) is 0.388. The largest absolute Gasteiger partial charge is 0.497 e. The normalized spacial score (nSPS) is 11.3. The number of azo groups is 1. The summed E-state index contributed by atoms with van der Waals surface area (Å²) in [7, 11) is 1.62. The first-order valence-electron chi connectivity index (χ1n) is 9.06. The fourth-order valence-corrected chi connectivity index (χ4v) is 3.82. The van der Waals surface area contributed by atoms with Crippen molar-refractivity contribution in [2.75, 3.05) is 7.11 Å². The van der Waals surface area contributed by atoms with Crippen LogP contribution < -0.4 is 10.3 Å². The van der Waals surface area contributed by atoms with Crippen molar-refractivity contribution in [1.82, 2.24) is 14.8 Å². The lowest BCUT2D eigenvalue weighted by Crippen LogP contribution is -2.13. The van der Waals surface area contributed by atoms with Gasteiger partial charge in [0.2, 0.25) is 5.13 Å².